The van der Waals surface area contributed by atoms with E-state index < -0.39 is 23.7 Å². The first-order valence-corrected chi connectivity index (χ1v) is 14.9. The van der Waals surface area contributed by atoms with Gasteiger partial charge in [-0.2, -0.15) is 0 Å². The molecule has 3 amide bonds. The minimum absolute atomic E-state index is 0.0204. The maximum atomic E-state index is 13.3. The summed E-state index contributed by atoms with van der Waals surface area (Å²) in [6, 6.07) is 6.49. The molecular weight excluding hydrogens is 550 g/mol. The fourth-order valence-electron chi connectivity index (χ4n) is 4.07. The second kappa shape index (κ2) is 12.8. The van der Waals surface area contributed by atoms with Crippen LogP contribution in [0.2, 0.25) is 0 Å². The van der Waals surface area contributed by atoms with Gasteiger partial charge in [0.2, 0.25) is 17.7 Å². The Kier molecular flexibility index (Phi) is 9.41. The highest BCUT2D eigenvalue weighted by Crippen LogP contribution is 2.32. The summed E-state index contributed by atoms with van der Waals surface area (Å²) >= 11 is 2.82. The third kappa shape index (κ3) is 7.36. The van der Waals surface area contributed by atoms with Crippen molar-refractivity contribution in [1.29, 1.82) is 0 Å². The zero-order valence-electron chi connectivity index (χ0n) is 22.9. The Labute approximate surface area is 241 Å². The van der Waals surface area contributed by atoms with E-state index in [2.05, 4.69) is 25.9 Å². The molecule has 0 fully saturated rings. The molecule has 2 aromatic rings. The number of nitrogens with zero attached hydrogens (tertiary/aromatic N) is 2. The molecular formula is C28H33N5O5S2. The Morgan fingerprint density at radius 2 is 2.05 bits per heavy atom. The summed E-state index contributed by atoms with van der Waals surface area (Å²) in [5.74, 6) is -1.51. The van der Waals surface area contributed by atoms with Crippen LogP contribution in [0.25, 0.3) is 0 Å². The number of cyclic esters (lactones) is 1. The van der Waals surface area contributed by atoms with Gasteiger partial charge in [0.25, 0.3) is 0 Å². The number of para-hydroxylation sites is 1. The number of aryl methyl sites for hydroxylation is 1. The summed E-state index contributed by atoms with van der Waals surface area (Å²) in [7, 11) is 0. The average molecular weight is 584 g/mol. The lowest BCUT2D eigenvalue weighted by Gasteiger charge is -2.27. The highest BCUT2D eigenvalue weighted by atomic mass is 32.2. The Morgan fingerprint density at radius 1 is 1.27 bits per heavy atom. The molecule has 0 radical (unpaired) electrons. The van der Waals surface area contributed by atoms with E-state index in [1.165, 1.54) is 29.2 Å². The number of thioether (sulfide) groups is 1. The first kappa shape index (κ1) is 29.5. The van der Waals surface area contributed by atoms with Crippen molar-refractivity contribution in [3.63, 3.8) is 0 Å². The molecule has 3 heterocycles. The van der Waals surface area contributed by atoms with Crippen LogP contribution in [0.15, 0.2) is 46.8 Å². The summed E-state index contributed by atoms with van der Waals surface area (Å²) in [4.78, 5) is 61.0. The van der Waals surface area contributed by atoms with Gasteiger partial charge >= 0.3 is 5.97 Å². The van der Waals surface area contributed by atoms with Crippen molar-refractivity contribution < 1.29 is 23.9 Å². The van der Waals surface area contributed by atoms with Crippen molar-refractivity contribution in [2.75, 3.05) is 11.1 Å². The van der Waals surface area contributed by atoms with Crippen LogP contribution in [-0.2, 0) is 30.5 Å². The van der Waals surface area contributed by atoms with Crippen LogP contribution >= 0.6 is 23.1 Å². The van der Waals surface area contributed by atoms with Crippen LogP contribution in [0.5, 0.6) is 0 Å². The molecule has 0 unspecified atom stereocenters. The number of benzene rings is 1. The second-order valence-corrected chi connectivity index (χ2v) is 12.2. The Hall–Kier alpha value is -3.51. The molecule has 1 aromatic carbocycles. The smallest absolute Gasteiger partial charge is 0.329 e. The van der Waals surface area contributed by atoms with E-state index in [1.807, 2.05) is 36.6 Å². The number of nitrogens with one attached hydrogen (secondary N) is 3. The number of amides is 3. The van der Waals surface area contributed by atoms with Gasteiger partial charge in [0.15, 0.2) is 0 Å². The van der Waals surface area contributed by atoms with Gasteiger partial charge in [-0.05, 0) is 37.5 Å². The first-order chi connectivity index (χ1) is 19.0. The molecule has 10 nitrogen and oxygen atoms in total. The summed E-state index contributed by atoms with van der Waals surface area (Å²) in [6.07, 6.45) is 2.02. The minimum atomic E-state index is -1.06. The SMILES string of the molecule is Cc1ccccc1NC(=O)C/C=C/[C@@H]1CC(=O)NCc2nc(cs2)C2=N[C@@](C)(CS2)C(=O)N[C@@H](C(C)C)C(=O)O1. The fraction of sp³-hybridized carbons (Fsp3) is 0.429. The molecule has 3 atom stereocenters. The van der Waals surface area contributed by atoms with Crippen molar-refractivity contribution in [2.24, 2.45) is 10.9 Å². The zero-order valence-corrected chi connectivity index (χ0v) is 24.5. The third-order valence-corrected chi connectivity index (χ3v) is 8.60. The van der Waals surface area contributed by atoms with Crippen LogP contribution in [0.4, 0.5) is 5.69 Å². The molecule has 4 rings (SSSR count). The molecule has 40 heavy (non-hydrogen) atoms. The van der Waals surface area contributed by atoms with Crippen LogP contribution in [-0.4, -0.2) is 57.2 Å². The lowest BCUT2D eigenvalue weighted by atomic mass is 10.0. The van der Waals surface area contributed by atoms with Crippen molar-refractivity contribution in [3.05, 3.63) is 58.1 Å². The van der Waals surface area contributed by atoms with Gasteiger partial charge in [-0.25, -0.2) is 9.78 Å². The van der Waals surface area contributed by atoms with Crippen molar-refractivity contribution in [3.8, 4) is 0 Å². The number of anilines is 1. The summed E-state index contributed by atoms with van der Waals surface area (Å²) in [5.41, 5.74) is 1.24. The first-order valence-electron chi connectivity index (χ1n) is 13.0. The predicted octanol–water partition coefficient (Wildman–Crippen LogP) is 3.36. The van der Waals surface area contributed by atoms with Gasteiger partial charge in [-0.1, -0.05) is 38.1 Å². The van der Waals surface area contributed by atoms with Gasteiger partial charge in [0, 0.05) is 23.2 Å². The Balaban J connectivity index is 1.53. The number of carbonyl (C=O) groups excluding carboxylic acids is 4. The quantitative estimate of drug-likeness (QED) is 0.362. The number of carbonyl (C=O) groups is 4. The standard InChI is InChI=1S/C28H33N5O5S2/c1-16(2)24-26(36)38-18(9-7-11-21(34)30-19-10-6-5-8-17(19)3)12-22(35)29-13-23-31-20(14-39-23)25-33-28(4,15-40-25)27(37)32-24/h5-10,14,16,18,24H,11-13,15H2,1-4H3,(H,29,35)(H,30,34)(H,32,37)/b9-7+/t18-,24+,28+/m1/s1. The topological polar surface area (TPSA) is 139 Å². The number of hydrogen-bond donors (Lipinski definition) is 3. The summed E-state index contributed by atoms with van der Waals surface area (Å²) in [5, 5.41) is 11.7. The van der Waals surface area contributed by atoms with E-state index in [1.54, 1.807) is 26.8 Å². The van der Waals surface area contributed by atoms with Crippen molar-refractivity contribution in [1.82, 2.24) is 15.6 Å². The highest BCUT2D eigenvalue weighted by Gasteiger charge is 2.41. The van der Waals surface area contributed by atoms with Gasteiger partial charge in [-0.3, -0.25) is 19.4 Å². The van der Waals surface area contributed by atoms with E-state index in [4.69, 9.17) is 4.74 Å². The van der Waals surface area contributed by atoms with Crippen LogP contribution in [0, 0.1) is 12.8 Å². The monoisotopic (exact) mass is 583 g/mol. The van der Waals surface area contributed by atoms with E-state index in [0.717, 1.165) is 5.56 Å². The molecule has 0 saturated heterocycles. The van der Waals surface area contributed by atoms with Crippen molar-refractivity contribution in [2.45, 2.75) is 64.8 Å². The molecule has 1 aromatic heterocycles. The molecule has 0 spiro atoms. The number of rotatable bonds is 5. The summed E-state index contributed by atoms with van der Waals surface area (Å²) < 4.78 is 5.72. The highest BCUT2D eigenvalue weighted by molar-refractivity contribution is 8.14. The normalized spacial score (nSPS) is 23.9. The molecule has 0 saturated carbocycles. The number of ether oxygens (including phenoxy) is 1. The Bertz CT molecular complexity index is 1350. The number of thiazole rings is 1. The number of fused-ring (bicyclic) bond motifs is 4. The number of hydrogen-bond acceptors (Lipinski definition) is 9. The maximum Gasteiger partial charge on any atom is 0.329 e. The predicted molar refractivity (Wildman–Crippen MR) is 156 cm³/mol. The Morgan fingerprint density at radius 3 is 2.80 bits per heavy atom. The number of aromatic nitrogens is 1. The third-order valence-electron chi connectivity index (χ3n) is 6.47. The lowest BCUT2D eigenvalue weighted by Crippen LogP contribution is -2.53. The van der Waals surface area contributed by atoms with Crippen LogP contribution in [0.3, 0.4) is 0 Å². The van der Waals surface area contributed by atoms with Crippen molar-refractivity contribution >= 4 is 57.5 Å². The van der Waals surface area contributed by atoms with Gasteiger partial charge in [0.05, 0.1) is 13.0 Å². The van der Waals surface area contributed by atoms with Gasteiger partial charge in [0.1, 0.15) is 33.4 Å². The largest absolute Gasteiger partial charge is 0.456 e. The van der Waals surface area contributed by atoms with E-state index in [9.17, 15) is 19.2 Å². The number of aliphatic imine (C=N–C) groups is 1. The van der Waals surface area contributed by atoms with Crippen LogP contribution < -0.4 is 16.0 Å². The maximum absolute atomic E-state index is 13.3. The number of esters is 1. The van der Waals surface area contributed by atoms with Crippen LogP contribution in [0.1, 0.15) is 49.9 Å². The minimum Gasteiger partial charge on any atom is -0.456 e. The molecule has 3 N–H and O–H groups in total. The zero-order chi connectivity index (χ0) is 28.9. The summed E-state index contributed by atoms with van der Waals surface area (Å²) in [6.45, 7) is 7.44. The molecule has 0 aliphatic carbocycles. The van der Waals surface area contributed by atoms with E-state index in [-0.39, 0.29) is 43.0 Å². The van der Waals surface area contributed by atoms with E-state index >= 15 is 0 Å². The molecule has 212 valence electrons. The van der Waals surface area contributed by atoms with Gasteiger partial charge in [-0.15, -0.1) is 23.1 Å². The van der Waals surface area contributed by atoms with Gasteiger partial charge < -0.3 is 20.7 Å². The molecule has 2 aliphatic heterocycles. The molecule has 2 aliphatic rings. The van der Waals surface area contributed by atoms with E-state index in [0.29, 0.717) is 27.2 Å². The molecule has 12 heteroatoms. The molecule has 4 bridgehead atoms. The average Bonchev–Trinajstić information content (AvgIpc) is 3.54. The second-order valence-electron chi connectivity index (χ2n) is 10.3. The lowest BCUT2D eigenvalue weighted by molar-refractivity contribution is -0.153. The fourth-order valence-corrected chi connectivity index (χ4v) is 6.00.